The van der Waals surface area contributed by atoms with Crippen LogP contribution in [-0.4, -0.2) is 66.8 Å². The number of carbonyl (C=O) groups is 1. The number of fused-ring (bicyclic) bond motifs is 1. The Morgan fingerprint density at radius 2 is 1.67 bits per heavy atom. The van der Waals surface area contributed by atoms with Crippen LogP contribution in [0.2, 0.25) is 0 Å². The predicted molar refractivity (Wildman–Crippen MR) is 137 cm³/mol. The van der Waals surface area contributed by atoms with Crippen molar-refractivity contribution in [1.29, 1.82) is 0 Å². The highest BCUT2D eigenvalue weighted by Crippen LogP contribution is 2.30. The third-order valence-corrected chi connectivity index (χ3v) is 7.03. The standard InChI is InChI=1S/C24H22F3N7O4S/c25-24(26,27)38-17-5-3-16(4-6-17)31-23(35)34-11-9-33(10-12-34)22-19-13-20(32-21(19)29-14-30-22)15-1-7-18(8-2-15)39(28,36)37/h1-8,13-14H,9-12H2,(H,31,35)(H2,28,36,37)(H,29,30,32). The van der Waals surface area contributed by atoms with E-state index in [9.17, 15) is 26.4 Å². The van der Waals surface area contributed by atoms with Crippen LogP contribution in [0, 0.1) is 0 Å². The summed E-state index contributed by atoms with van der Waals surface area (Å²) in [6.07, 6.45) is -3.35. The molecule has 39 heavy (non-hydrogen) atoms. The van der Waals surface area contributed by atoms with E-state index in [1.165, 1.54) is 30.6 Å². The fourth-order valence-electron chi connectivity index (χ4n) is 4.22. The molecule has 2 aromatic carbocycles. The van der Waals surface area contributed by atoms with Crippen molar-refractivity contribution < 1.29 is 31.1 Å². The van der Waals surface area contributed by atoms with Crippen molar-refractivity contribution in [1.82, 2.24) is 19.9 Å². The Kier molecular flexibility index (Phi) is 6.78. The molecule has 0 atom stereocenters. The Morgan fingerprint density at radius 3 is 2.28 bits per heavy atom. The normalized spacial score (nSPS) is 14.5. The number of alkyl halides is 3. The fourth-order valence-corrected chi connectivity index (χ4v) is 4.74. The van der Waals surface area contributed by atoms with E-state index in [0.717, 1.165) is 28.8 Å². The van der Waals surface area contributed by atoms with Crippen molar-refractivity contribution in [2.75, 3.05) is 36.4 Å². The van der Waals surface area contributed by atoms with Crippen LogP contribution in [0.5, 0.6) is 5.75 Å². The number of rotatable bonds is 5. The number of piperazine rings is 1. The minimum absolute atomic E-state index is 0.0113. The molecule has 1 aliphatic rings. The number of hydrogen-bond donors (Lipinski definition) is 3. The summed E-state index contributed by atoms with van der Waals surface area (Å²) in [5.41, 5.74) is 2.40. The number of amides is 2. The maximum Gasteiger partial charge on any atom is 0.573 e. The molecule has 0 aliphatic carbocycles. The number of hydrogen-bond acceptors (Lipinski definition) is 7. The van der Waals surface area contributed by atoms with Crippen molar-refractivity contribution in [3.05, 3.63) is 60.9 Å². The van der Waals surface area contributed by atoms with E-state index in [-0.39, 0.29) is 16.7 Å². The highest BCUT2D eigenvalue weighted by atomic mass is 32.2. The lowest BCUT2D eigenvalue weighted by Gasteiger charge is -2.35. The van der Waals surface area contributed by atoms with E-state index < -0.39 is 16.4 Å². The topological polar surface area (TPSA) is 147 Å². The van der Waals surface area contributed by atoms with Crippen molar-refractivity contribution in [3.8, 4) is 17.0 Å². The number of benzene rings is 2. The Morgan fingerprint density at radius 1 is 1.00 bits per heavy atom. The van der Waals surface area contributed by atoms with Gasteiger partial charge in [-0.15, -0.1) is 13.2 Å². The molecule has 0 saturated carbocycles. The SMILES string of the molecule is NS(=O)(=O)c1ccc(-c2cc3c(N4CCN(C(=O)Nc5ccc(OC(F)(F)F)cc5)CC4)ncnc3[nH]2)cc1. The number of aromatic nitrogens is 3. The lowest BCUT2D eigenvalue weighted by atomic mass is 10.1. The number of nitrogens with zero attached hydrogens (tertiary/aromatic N) is 4. The number of nitrogens with two attached hydrogens (primary N) is 1. The van der Waals surface area contributed by atoms with Crippen LogP contribution in [0.3, 0.4) is 0 Å². The molecular weight excluding hydrogens is 539 g/mol. The van der Waals surface area contributed by atoms with Gasteiger partial charge in [-0.05, 0) is 48.0 Å². The van der Waals surface area contributed by atoms with Gasteiger partial charge in [-0.3, -0.25) is 0 Å². The molecule has 0 unspecified atom stereocenters. The van der Waals surface area contributed by atoms with E-state index in [1.807, 2.05) is 11.0 Å². The van der Waals surface area contributed by atoms with Gasteiger partial charge < -0.3 is 24.8 Å². The zero-order chi connectivity index (χ0) is 27.8. The number of sulfonamides is 1. The summed E-state index contributed by atoms with van der Waals surface area (Å²) in [6.45, 7) is 1.75. The van der Waals surface area contributed by atoms with E-state index in [0.29, 0.717) is 43.3 Å². The third-order valence-electron chi connectivity index (χ3n) is 6.10. The van der Waals surface area contributed by atoms with Crippen LogP contribution in [0.15, 0.2) is 65.8 Å². The first-order valence-corrected chi connectivity index (χ1v) is 13.1. The van der Waals surface area contributed by atoms with Gasteiger partial charge >= 0.3 is 12.4 Å². The van der Waals surface area contributed by atoms with Crippen molar-refractivity contribution >= 4 is 38.6 Å². The molecule has 0 bridgehead atoms. The van der Waals surface area contributed by atoms with Crippen molar-refractivity contribution in [2.24, 2.45) is 5.14 Å². The quantitative estimate of drug-likeness (QED) is 0.338. The van der Waals surface area contributed by atoms with Gasteiger partial charge in [0.25, 0.3) is 0 Å². The summed E-state index contributed by atoms with van der Waals surface area (Å²) in [7, 11) is -3.80. The molecule has 1 saturated heterocycles. The first kappa shape index (κ1) is 26.2. The zero-order valence-corrected chi connectivity index (χ0v) is 21.0. The van der Waals surface area contributed by atoms with Gasteiger partial charge in [-0.2, -0.15) is 0 Å². The molecule has 204 valence electrons. The summed E-state index contributed by atoms with van der Waals surface area (Å²) in [5.74, 6) is 0.308. The number of ether oxygens (including phenoxy) is 1. The predicted octanol–water partition coefficient (Wildman–Crippen LogP) is 3.53. The van der Waals surface area contributed by atoms with Gasteiger partial charge in [0, 0.05) is 37.6 Å². The Labute approximate surface area is 220 Å². The first-order valence-electron chi connectivity index (χ1n) is 11.6. The summed E-state index contributed by atoms with van der Waals surface area (Å²) in [6, 6.07) is 12.6. The Hall–Kier alpha value is -4.37. The number of anilines is 2. The molecule has 4 aromatic rings. The number of H-pyrrole nitrogens is 1. The van der Waals surface area contributed by atoms with Crippen LogP contribution in [-0.2, 0) is 10.0 Å². The molecule has 3 heterocycles. The maximum atomic E-state index is 12.7. The van der Waals surface area contributed by atoms with Crippen LogP contribution in [0.25, 0.3) is 22.3 Å². The molecule has 2 amide bonds. The number of nitrogens with one attached hydrogen (secondary N) is 2. The number of urea groups is 1. The van der Waals surface area contributed by atoms with Crippen molar-refractivity contribution in [2.45, 2.75) is 11.3 Å². The third kappa shape index (κ3) is 6.04. The zero-order valence-electron chi connectivity index (χ0n) is 20.1. The molecule has 11 nitrogen and oxygen atoms in total. The second kappa shape index (κ2) is 10.1. The molecule has 4 N–H and O–H groups in total. The number of carbonyl (C=O) groups excluding carboxylic acids is 1. The number of primary sulfonamides is 1. The largest absolute Gasteiger partial charge is 0.573 e. The molecule has 0 radical (unpaired) electrons. The van der Waals surface area contributed by atoms with Crippen LogP contribution in [0.4, 0.5) is 29.5 Å². The molecule has 15 heteroatoms. The lowest BCUT2D eigenvalue weighted by molar-refractivity contribution is -0.274. The maximum absolute atomic E-state index is 12.7. The van der Waals surface area contributed by atoms with Crippen molar-refractivity contribution in [3.63, 3.8) is 0 Å². The molecule has 1 fully saturated rings. The van der Waals surface area contributed by atoms with Gasteiger partial charge in [0.05, 0.1) is 10.3 Å². The van der Waals surface area contributed by atoms with Crippen LogP contribution >= 0.6 is 0 Å². The molecule has 1 aliphatic heterocycles. The number of halogens is 3. The Balaban J connectivity index is 1.24. The average Bonchev–Trinajstić information content (AvgIpc) is 3.33. The van der Waals surface area contributed by atoms with E-state index >= 15 is 0 Å². The minimum atomic E-state index is -4.79. The molecule has 5 rings (SSSR count). The lowest BCUT2D eigenvalue weighted by Crippen LogP contribution is -2.50. The summed E-state index contributed by atoms with van der Waals surface area (Å²) < 4.78 is 63.9. The highest BCUT2D eigenvalue weighted by Gasteiger charge is 2.31. The van der Waals surface area contributed by atoms with Gasteiger partial charge in [-0.1, -0.05) is 12.1 Å². The Bertz CT molecular complexity index is 1600. The smallest absolute Gasteiger partial charge is 0.406 e. The van der Waals surface area contributed by atoms with Gasteiger partial charge in [0.15, 0.2) is 0 Å². The summed E-state index contributed by atoms with van der Waals surface area (Å²) in [4.78, 5) is 28.3. The highest BCUT2D eigenvalue weighted by molar-refractivity contribution is 7.89. The van der Waals surface area contributed by atoms with Crippen LogP contribution in [0.1, 0.15) is 0 Å². The van der Waals surface area contributed by atoms with Gasteiger partial charge in [-0.25, -0.2) is 28.3 Å². The van der Waals surface area contributed by atoms with E-state index in [4.69, 9.17) is 5.14 Å². The number of aromatic amines is 1. The second-order valence-electron chi connectivity index (χ2n) is 8.69. The fraction of sp³-hybridized carbons (Fsp3) is 0.208. The van der Waals surface area contributed by atoms with Gasteiger partial charge in [0.2, 0.25) is 10.0 Å². The second-order valence-corrected chi connectivity index (χ2v) is 10.2. The molecular formula is C24H22F3N7O4S. The van der Waals surface area contributed by atoms with E-state index in [1.54, 1.807) is 17.0 Å². The van der Waals surface area contributed by atoms with Crippen LogP contribution < -0.4 is 20.1 Å². The molecule has 0 spiro atoms. The first-order chi connectivity index (χ1) is 18.5. The van der Waals surface area contributed by atoms with E-state index in [2.05, 4.69) is 25.0 Å². The summed E-state index contributed by atoms with van der Waals surface area (Å²) >= 11 is 0. The average molecular weight is 562 g/mol. The molecule has 2 aromatic heterocycles. The monoisotopic (exact) mass is 561 g/mol. The minimum Gasteiger partial charge on any atom is -0.406 e. The van der Waals surface area contributed by atoms with Gasteiger partial charge in [0.1, 0.15) is 23.5 Å². The summed E-state index contributed by atoms with van der Waals surface area (Å²) in [5, 5.41) is 8.62.